The molecule has 1 heterocycles. The number of benzene rings is 3. The van der Waals surface area contributed by atoms with Crippen LogP contribution in [-0.2, 0) is 15.8 Å². The Morgan fingerprint density at radius 1 is 0.939 bits per heavy atom. The van der Waals surface area contributed by atoms with Gasteiger partial charge >= 0.3 is 6.18 Å². The number of ketones is 1. The van der Waals surface area contributed by atoms with Gasteiger partial charge in [-0.15, -0.1) is 0 Å². The zero-order valence-corrected chi connectivity index (χ0v) is 17.4. The molecule has 1 unspecified atom stereocenters. The Labute approximate surface area is 190 Å². The number of aliphatic hydroxyl groups excluding tert-OH is 1. The summed E-state index contributed by atoms with van der Waals surface area (Å²) >= 11 is 5.86. The van der Waals surface area contributed by atoms with Gasteiger partial charge in [-0.25, -0.2) is 4.39 Å². The predicted octanol–water partition coefficient (Wildman–Crippen LogP) is 6.12. The lowest BCUT2D eigenvalue weighted by molar-refractivity contribution is -0.137. The highest BCUT2D eigenvalue weighted by molar-refractivity contribution is 6.51. The van der Waals surface area contributed by atoms with Gasteiger partial charge in [0.05, 0.1) is 17.2 Å². The number of carbonyl (C=O) groups is 2. The van der Waals surface area contributed by atoms with E-state index in [4.69, 9.17) is 11.6 Å². The zero-order valence-electron chi connectivity index (χ0n) is 16.6. The van der Waals surface area contributed by atoms with Crippen molar-refractivity contribution in [1.82, 2.24) is 0 Å². The molecule has 1 amide bonds. The number of hydrogen-bond acceptors (Lipinski definition) is 3. The molecule has 9 heteroatoms. The molecule has 0 bridgehead atoms. The number of Topliss-reactive ketones (excluding diaryl/α,β-unsaturated/α-hetero) is 1. The standard InChI is InChI=1S/C24H14ClF4NO3/c25-15-10-8-13(9-11-15)21(31)19-20(17-6-1-2-7-18(17)26)30(23(33)22(19)32)16-5-3-4-14(12-16)24(27,28)29/h1-12,20,31H. The molecule has 3 aromatic rings. The molecule has 1 aliphatic rings. The second-order valence-electron chi connectivity index (χ2n) is 7.25. The topological polar surface area (TPSA) is 57.6 Å². The zero-order chi connectivity index (χ0) is 23.9. The van der Waals surface area contributed by atoms with Gasteiger partial charge in [0, 0.05) is 21.8 Å². The Bertz CT molecular complexity index is 1290. The van der Waals surface area contributed by atoms with E-state index in [2.05, 4.69) is 0 Å². The number of hydrogen-bond donors (Lipinski definition) is 1. The lowest BCUT2D eigenvalue weighted by Crippen LogP contribution is -2.30. The molecule has 33 heavy (non-hydrogen) atoms. The van der Waals surface area contributed by atoms with Crippen LogP contribution in [-0.4, -0.2) is 16.8 Å². The minimum atomic E-state index is -4.71. The van der Waals surface area contributed by atoms with Crippen LogP contribution in [0.2, 0.25) is 5.02 Å². The third-order valence-corrected chi connectivity index (χ3v) is 5.47. The fourth-order valence-electron chi connectivity index (χ4n) is 3.69. The lowest BCUT2D eigenvalue weighted by Gasteiger charge is -2.26. The van der Waals surface area contributed by atoms with Crippen molar-refractivity contribution in [2.45, 2.75) is 12.2 Å². The number of nitrogens with zero attached hydrogens (tertiary/aromatic N) is 1. The van der Waals surface area contributed by atoms with Crippen LogP contribution in [0.15, 0.2) is 78.4 Å². The van der Waals surface area contributed by atoms with Crippen molar-refractivity contribution < 1.29 is 32.3 Å². The Balaban J connectivity index is 1.97. The first kappa shape index (κ1) is 22.5. The number of alkyl halides is 3. The fraction of sp³-hybridized carbons (Fsp3) is 0.0833. The lowest BCUT2D eigenvalue weighted by atomic mass is 9.94. The van der Waals surface area contributed by atoms with E-state index in [0.717, 1.165) is 23.1 Å². The molecule has 3 aromatic carbocycles. The summed E-state index contributed by atoms with van der Waals surface area (Å²) < 4.78 is 54.6. The number of rotatable bonds is 3. The SMILES string of the molecule is O=C1C(=O)N(c2cccc(C(F)(F)F)c2)C(c2ccccc2F)C1=C(O)c1ccc(Cl)cc1. The number of aliphatic hydroxyl groups is 1. The van der Waals surface area contributed by atoms with Crippen molar-refractivity contribution >= 4 is 34.7 Å². The largest absolute Gasteiger partial charge is 0.507 e. The molecule has 0 saturated carbocycles. The summed E-state index contributed by atoms with van der Waals surface area (Å²) in [6.07, 6.45) is -4.71. The number of carbonyl (C=O) groups excluding carboxylic acids is 2. The number of amides is 1. The quantitative estimate of drug-likeness (QED) is 0.215. The van der Waals surface area contributed by atoms with Gasteiger partial charge < -0.3 is 5.11 Å². The van der Waals surface area contributed by atoms with E-state index in [0.29, 0.717) is 11.1 Å². The summed E-state index contributed by atoms with van der Waals surface area (Å²) in [5.74, 6) is -3.76. The van der Waals surface area contributed by atoms with Gasteiger partial charge in [-0.1, -0.05) is 35.9 Å². The van der Waals surface area contributed by atoms with Crippen LogP contribution in [0.1, 0.15) is 22.7 Å². The normalized spacial score (nSPS) is 18.1. The first-order valence-corrected chi connectivity index (χ1v) is 9.96. The molecule has 168 valence electrons. The summed E-state index contributed by atoms with van der Waals surface area (Å²) in [6.45, 7) is 0. The maximum Gasteiger partial charge on any atom is 0.416 e. The van der Waals surface area contributed by atoms with Crippen LogP contribution in [0.5, 0.6) is 0 Å². The van der Waals surface area contributed by atoms with Gasteiger partial charge in [-0.2, -0.15) is 13.2 Å². The Morgan fingerprint density at radius 2 is 1.61 bits per heavy atom. The van der Waals surface area contributed by atoms with E-state index in [1.807, 2.05) is 0 Å². The average Bonchev–Trinajstić information content (AvgIpc) is 3.04. The highest BCUT2D eigenvalue weighted by atomic mass is 35.5. The maximum absolute atomic E-state index is 14.8. The summed E-state index contributed by atoms with van der Waals surface area (Å²) in [5.41, 5.74) is -1.81. The molecule has 1 saturated heterocycles. The summed E-state index contributed by atoms with van der Waals surface area (Å²) in [7, 11) is 0. The van der Waals surface area contributed by atoms with Crippen LogP contribution < -0.4 is 4.90 Å². The Kier molecular flexibility index (Phi) is 5.71. The van der Waals surface area contributed by atoms with Crippen LogP contribution in [0.4, 0.5) is 23.2 Å². The van der Waals surface area contributed by atoms with Crippen molar-refractivity contribution in [2.75, 3.05) is 4.90 Å². The fourth-order valence-corrected chi connectivity index (χ4v) is 3.81. The average molecular weight is 476 g/mol. The van der Waals surface area contributed by atoms with Crippen molar-refractivity contribution in [3.8, 4) is 0 Å². The summed E-state index contributed by atoms with van der Waals surface area (Å²) in [4.78, 5) is 26.7. The van der Waals surface area contributed by atoms with Crippen LogP contribution >= 0.6 is 11.6 Å². The predicted molar refractivity (Wildman–Crippen MR) is 114 cm³/mol. The second kappa shape index (κ2) is 8.37. The first-order chi connectivity index (χ1) is 15.6. The molecule has 1 fully saturated rings. The molecule has 1 N–H and O–H groups in total. The van der Waals surface area contributed by atoms with Crippen molar-refractivity contribution in [3.05, 3.63) is 106 Å². The van der Waals surface area contributed by atoms with E-state index in [-0.39, 0.29) is 16.8 Å². The Morgan fingerprint density at radius 3 is 2.24 bits per heavy atom. The van der Waals surface area contributed by atoms with Gasteiger partial charge in [0.25, 0.3) is 11.7 Å². The van der Waals surface area contributed by atoms with E-state index in [1.54, 1.807) is 0 Å². The monoisotopic (exact) mass is 475 g/mol. The molecule has 0 radical (unpaired) electrons. The molecule has 0 spiro atoms. The van der Waals surface area contributed by atoms with Crippen LogP contribution in [0, 0.1) is 5.82 Å². The highest BCUT2D eigenvalue weighted by Gasteiger charge is 2.48. The van der Waals surface area contributed by atoms with E-state index >= 15 is 0 Å². The summed E-state index contributed by atoms with van der Waals surface area (Å²) in [6, 6.07) is 13.2. The van der Waals surface area contributed by atoms with E-state index in [9.17, 15) is 32.3 Å². The smallest absolute Gasteiger partial charge is 0.416 e. The minimum absolute atomic E-state index is 0.128. The van der Waals surface area contributed by atoms with E-state index in [1.165, 1.54) is 48.5 Å². The maximum atomic E-state index is 14.8. The van der Waals surface area contributed by atoms with Crippen molar-refractivity contribution in [2.24, 2.45) is 0 Å². The molecule has 1 aliphatic heterocycles. The van der Waals surface area contributed by atoms with Gasteiger partial charge in [-0.05, 0) is 48.5 Å². The van der Waals surface area contributed by atoms with Gasteiger partial charge in [0.2, 0.25) is 0 Å². The van der Waals surface area contributed by atoms with Crippen molar-refractivity contribution in [1.29, 1.82) is 0 Å². The molecule has 4 rings (SSSR count). The molecule has 1 atom stereocenters. The number of halogens is 5. The molecule has 0 aromatic heterocycles. The Hall–Kier alpha value is -3.65. The highest BCUT2D eigenvalue weighted by Crippen LogP contribution is 2.44. The van der Waals surface area contributed by atoms with Crippen LogP contribution in [0.25, 0.3) is 5.76 Å². The van der Waals surface area contributed by atoms with Crippen LogP contribution in [0.3, 0.4) is 0 Å². The first-order valence-electron chi connectivity index (χ1n) is 9.58. The molecular weight excluding hydrogens is 462 g/mol. The summed E-state index contributed by atoms with van der Waals surface area (Å²) in [5, 5.41) is 11.3. The molecular formula is C24H14ClF4NO3. The number of anilines is 1. The minimum Gasteiger partial charge on any atom is -0.507 e. The van der Waals surface area contributed by atoms with Gasteiger partial charge in [0.1, 0.15) is 11.6 Å². The van der Waals surface area contributed by atoms with Crippen molar-refractivity contribution in [3.63, 3.8) is 0 Å². The molecule has 0 aliphatic carbocycles. The molecule has 4 nitrogen and oxygen atoms in total. The second-order valence-corrected chi connectivity index (χ2v) is 7.68. The third kappa shape index (κ3) is 4.09. The van der Waals surface area contributed by atoms with Gasteiger partial charge in [-0.3, -0.25) is 14.5 Å². The van der Waals surface area contributed by atoms with E-state index < -0.39 is 46.6 Å². The van der Waals surface area contributed by atoms with Gasteiger partial charge in [0.15, 0.2) is 0 Å². The third-order valence-electron chi connectivity index (χ3n) is 5.21.